The number of imidazole rings is 1. The van der Waals surface area contributed by atoms with Crippen molar-refractivity contribution in [2.75, 3.05) is 0 Å². The molecule has 0 N–H and O–H groups in total. The van der Waals surface area contributed by atoms with Crippen LogP contribution in [0.3, 0.4) is 0 Å². The molecule has 0 amide bonds. The minimum Gasteiger partial charge on any atom is -0.557 e. The van der Waals surface area contributed by atoms with Crippen molar-refractivity contribution in [3.8, 4) is 39.5 Å². The van der Waals surface area contributed by atoms with Crippen molar-refractivity contribution in [3.05, 3.63) is 164 Å². The number of pyridine rings is 1. The summed E-state index contributed by atoms with van der Waals surface area (Å²) in [6.45, 7) is -2.20. The van der Waals surface area contributed by atoms with Crippen LogP contribution in [0, 0.1) is 19.2 Å². The zero-order valence-electron chi connectivity index (χ0n) is 26.4. The Morgan fingerprint density at radius 2 is 1.52 bits per heavy atom. The molecule has 3 heterocycles. The Labute approximate surface area is 274 Å². The Morgan fingerprint density at radius 1 is 0.750 bits per heavy atom. The summed E-state index contributed by atoms with van der Waals surface area (Å²) in [7, 11) is 0. The predicted molar refractivity (Wildman–Crippen MR) is 174 cm³/mol. The molecule has 0 spiro atoms. The van der Waals surface area contributed by atoms with E-state index in [1.807, 2.05) is 84.9 Å². The fraction of sp³-hybridized carbons (Fsp3) is 0.0256. The summed E-state index contributed by atoms with van der Waals surface area (Å²) in [6, 6.07) is 48.3. The topological polar surface area (TPSA) is 43.9 Å². The first-order valence-electron chi connectivity index (χ1n) is 15.4. The van der Waals surface area contributed by atoms with Gasteiger partial charge in [-0.2, -0.15) is 0 Å². The fourth-order valence-electron chi connectivity index (χ4n) is 5.10. The normalized spacial score (nSPS) is 12.0. The first-order valence-corrected chi connectivity index (χ1v) is 13.9. The summed E-state index contributed by atoms with van der Waals surface area (Å²) in [5.41, 5.74) is 8.48. The van der Waals surface area contributed by atoms with Crippen LogP contribution in [0.4, 0.5) is 0 Å². The molecule has 5 heteroatoms. The number of furan rings is 1. The van der Waals surface area contributed by atoms with E-state index in [1.165, 1.54) is 0 Å². The van der Waals surface area contributed by atoms with Gasteiger partial charge < -0.3 is 14.0 Å². The van der Waals surface area contributed by atoms with Gasteiger partial charge in [-0.05, 0) is 54.0 Å². The van der Waals surface area contributed by atoms with Crippen molar-refractivity contribution in [2.45, 2.75) is 6.85 Å². The number of hydrogen-bond acceptors (Lipinski definition) is 3. The largest absolute Gasteiger partial charge is 0.557 e. The average molecular weight is 749 g/mol. The minimum atomic E-state index is -2.20. The van der Waals surface area contributed by atoms with Gasteiger partial charge in [-0.25, -0.2) is 0 Å². The van der Waals surface area contributed by atoms with E-state index in [4.69, 9.17) is 13.5 Å². The zero-order valence-corrected chi connectivity index (χ0v) is 25.8. The van der Waals surface area contributed by atoms with Gasteiger partial charge in [0.05, 0.1) is 16.9 Å². The van der Waals surface area contributed by atoms with Gasteiger partial charge in [0.1, 0.15) is 0 Å². The number of benzene rings is 5. The van der Waals surface area contributed by atoms with E-state index >= 15 is 0 Å². The van der Waals surface area contributed by atoms with Crippen LogP contribution in [0.25, 0.3) is 61.5 Å². The molecule has 0 bridgehead atoms. The minimum absolute atomic E-state index is 0. The molecule has 0 unspecified atom stereocenters. The van der Waals surface area contributed by atoms with Crippen molar-refractivity contribution in [1.82, 2.24) is 14.5 Å². The molecule has 5 aromatic carbocycles. The summed E-state index contributed by atoms with van der Waals surface area (Å²) in [5, 5.41) is 0.769. The van der Waals surface area contributed by atoms with Crippen LogP contribution in [0.1, 0.15) is 9.68 Å². The van der Waals surface area contributed by atoms with Gasteiger partial charge in [-0.1, -0.05) is 95.4 Å². The molecular formula is C39H27IrN3O-2. The zero-order chi connectivity index (χ0) is 31.5. The van der Waals surface area contributed by atoms with Gasteiger partial charge in [0.2, 0.25) is 0 Å². The van der Waals surface area contributed by atoms with Crippen molar-refractivity contribution in [1.29, 1.82) is 0 Å². The molecule has 8 aromatic rings. The summed E-state index contributed by atoms with van der Waals surface area (Å²) < 4.78 is 30.8. The fourth-order valence-corrected chi connectivity index (χ4v) is 5.10. The second kappa shape index (κ2) is 13.0. The molecule has 1 radical (unpaired) electrons. The van der Waals surface area contributed by atoms with E-state index in [1.54, 1.807) is 24.4 Å². The van der Waals surface area contributed by atoms with Crippen molar-refractivity contribution in [3.63, 3.8) is 0 Å². The number of aromatic nitrogens is 3. The summed E-state index contributed by atoms with van der Waals surface area (Å²) >= 11 is 0. The van der Waals surface area contributed by atoms with Crippen molar-refractivity contribution < 1.29 is 28.6 Å². The average Bonchev–Trinajstić information content (AvgIpc) is 3.71. The van der Waals surface area contributed by atoms with E-state index in [0.717, 1.165) is 44.5 Å². The SMILES string of the molecule is [2H]C([2H])([2H])c1ccc2c(-c3nc4ccccc4n3-c3ccc(-c4ccccc4)cc3)[c-]oc2c1.[Ir].[c-]1ccccc1-c1ccccn1. The first kappa shape index (κ1) is 25.4. The molecule has 3 aromatic heterocycles. The third kappa shape index (κ3) is 5.89. The second-order valence-corrected chi connectivity index (χ2v) is 9.95. The molecular weight excluding hydrogens is 719 g/mol. The maximum Gasteiger partial charge on any atom is 0.0774 e. The molecule has 215 valence electrons. The number of fused-ring (bicyclic) bond motifs is 2. The second-order valence-electron chi connectivity index (χ2n) is 9.95. The van der Waals surface area contributed by atoms with Gasteiger partial charge in [0, 0.05) is 47.9 Å². The van der Waals surface area contributed by atoms with E-state index in [0.29, 0.717) is 17.0 Å². The molecule has 0 fully saturated rings. The van der Waals surface area contributed by atoms with E-state index in [2.05, 4.69) is 58.3 Å². The Bertz CT molecular complexity index is 2190. The maximum absolute atomic E-state index is 7.68. The number of aryl methyl sites for hydroxylation is 1. The molecule has 0 aliphatic heterocycles. The van der Waals surface area contributed by atoms with Gasteiger partial charge in [-0.3, -0.25) is 4.98 Å². The predicted octanol–water partition coefficient (Wildman–Crippen LogP) is 9.76. The Kier molecular flexibility index (Phi) is 7.54. The van der Waals surface area contributed by atoms with E-state index in [9.17, 15) is 0 Å². The number of para-hydroxylation sites is 2. The van der Waals surface area contributed by atoms with Crippen LogP contribution in [0.2, 0.25) is 0 Å². The quantitative estimate of drug-likeness (QED) is 0.169. The molecule has 0 aliphatic carbocycles. The Morgan fingerprint density at radius 3 is 2.30 bits per heavy atom. The summed E-state index contributed by atoms with van der Waals surface area (Å²) in [6.07, 6.45) is 4.76. The van der Waals surface area contributed by atoms with E-state index < -0.39 is 6.85 Å². The standard InChI is InChI=1S/C28H19N2O.C11H8N.Ir/c1-19-11-16-23-24(18-31-27(23)17-19)28-29-25-9-5-6-10-26(25)30(28)22-14-12-21(13-15-22)20-7-3-2-4-8-20;1-2-6-10(7-3-1)11-8-4-5-9-12-11;/h2-17H,1H3;1-6,8-9H;/q2*-1;/i1D3;;. The molecule has 0 saturated carbocycles. The smallest absolute Gasteiger partial charge is 0.0774 e. The maximum atomic E-state index is 7.68. The number of nitrogens with zero attached hydrogens (tertiary/aromatic N) is 3. The van der Waals surface area contributed by atoms with Gasteiger partial charge in [0.15, 0.2) is 0 Å². The van der Waals surface area contributed by atoms with Crippen LogP contribution in [0.15, 0.2) is 150 Å². The molecule has 4 nitrogen and oxygen atoms in total. The molecule has 8 rings (SSSR count). The van der Waals surface area contributed by atoms with Gasteiger partial charge >= 0.3 is 0 Å². The molecule has 0 aliphatic rings. The molecule has 0 saturated heterocycles. The third-order valence-electron chi connectivity index (χ3n) is 7.18. The molecule has 44 heavy (non-hydrogen) atoms. The monoisotopic (exact) mass is 749 g/mol. The molecule has 0 atom stereocenters. The number of hydrogen-bond donors (Lipinski definition) is 0. The van der Waals surface area contributed by atoms with Crippen LogP contribution in [0.5, 0.6) is 0 Å². The van der Waals surface area contributed by atoms with Crippen LogP contribution in [-0.4, -0.2) is 14.5 Å². The summed E-state index contributed by atoms with van der Waals surface area (Å²) in [4.78, 5) is 9.11. The van der Waals surface area contributed by atoms with Crippen molar-refractivity contribution in [2.24, 2.45) is 0 Å². The van der Waals surface area contributed by atoms with Gasteiger partial charge in [-0.15, -0.1) is 42.0 Å². The Balaban J connectivity index is 0.000000250. The van der Waals surface area contributed by atoms with Gasteiger partial charge in [0.25, 0.3) is 0 Å². The third-order valence-corrected chi connectivity index (χ3v) is 7.18. The van der Waals surface area contributed by atoms with E-state index in [-0.39, 0.29) is 25.7 Å². The van der Waals surface area contributed by atoms with Crippen molar-refractivity contribution >= 4 is 22.0 Å². The number of rotatable bonds is 4. The van der Waals surface area contributed by atoms with Crippen LogP contribution in [-0.2, 0) is 20.1 Å². The Hall–Kier alpha value is -5.09. The van der Waals surface area contributed by atoms with Crippen LogP contribution >= 0.6 is 0 Å². The van der Waals surface area contributed by atoms with Crippen LogP contribution < -0.4 is 0 Å². The summed E-state index contributed by atoms with van der Waals surface area (Å²) in [5.74, 6) is 0.689. The first-order chi connectivity index (χ1) is 22.5.